The van der Waals surface area contributed by atoms with Crippen LogP contribution in [0.1, 0.15) is 24.0 Å². The molecule has 2 N–H and O–H groups in total. The van der Waals surface area contributed by atoms with Gasteiger partial charge in [0, 0.05) is 30.3 Å². The molecule has 2 aromatic carbocycles. The van der Waals surface area contributed by atoms with Crippen molar-refractivity contribution in [2.45, 2.75) is 25.0 Å². The zero-order chi connectivity index (χ0) is 24.2. The molecule has 6 nitrogen and oxygen atoms in total. The molecule has 0 saturated heterocycles. The molecule has 3 aliphatic rings. The summed E-state index contributed by atoms with van der Waals surface area (Å²) in [5.41, 5.74) is 7.90. The summed E-state index contributed by atoms with van der Waals surface area (Å²) in [6.45, 7) is -1.52. The van der Waals surface area contributed by atoms with Crippen molar-refractivity contribution < 1.29 is 17.9 Å². The summed E-state index contributed by atoms with van der Waals surface area (Å²) in [6, 6.07) is 17.1. The van der Waals surface area contributed by atoms with Crippen LogP contribution in [0.3, 0.4) is 0 Å². The van der Waals surface area contributed by atoms with Crippen molar-refractivity contribution in [3.63, 3.8) is 0 Å². The maximum absolute atomic E-state index is 14.5. The molecule has 1 spiro atoms. The van der Waals surface area contributed by atoms with Gasteiger partial charge >= 0.3 is 6.61 Å². The van der Waals surface area contributed by atoms with Crippen LogP contribution >= 0.6 is 0 Å². The van der Waals surface area contributed by atoms with E-state index in [1.807, 2.05) is 23.1 Å². The first kappa shape index (κ1) is 21.6. The quantitative estimate of drug-likeness (QED) is 0.547. The average Bonchev–Trinajstić information content (AvgIpc) is 3.54. The van der Waals surface area contributed by atoms with E-state index >= 15 is 0 Å². The first-order chi connectivity index (χ1) is 16.9. The van der Waals surface area contributed by atoms with Gasteiger partial charge in [0.05, 0.1) is 0 Å². The fourth-order valence-corrected chi connectivity index (χ4v) is 5.01. The number of hydrogen-bond acceptors (Lipinski definition) is 6. The van der Waals surface area contributed by atoms with Crippen molar-refractivity contribution in [1.29, 1.82) is 0 Å². The second-order valence-electron chi connectivity index (χ2n) is 9.23. The third-order valence-corrected chi connectivity index (χ3v) is 7.00. The van der Waals surface area contributed by atoms with E-state index in [-0.39, 0.29) is 11.2 Å². The highest BCUT2D eigenvalue weighted by molar-refractivity contribution is 6.12. The Labute approximate surface area is 200 Å². The van der Waals surface area contributed by atoms with Crippen LogP contribution in [0.5, 0.6) is 5.75 Å². The molecule has 2 aliphatic heterocycles. The molecule has 0 radical (unpaired) electrons. The number of nitrogens with zero attached hydrogens (tertiary/aromatic N) is 4. The lowest BCUT2D eigenvalue weighted by Crippen LogP contribution is -2.49. The molecule has 178 valence electrons. The van der Waals surface area contributed by atoms with E-state index in [4.69, 9.17) is 15.7 Å². The fraction of sp³-hybridized carbons (Fsp3) is 0.269. The Morgan fingerprint density at radius 1 is 1.00 bits per heavy atom. The maximum atomic E-state index is 14.5. The third-order valence-electron chi connectivity index (χ3n) is 7.00. The van der Waals surface area contributed by atoms with Gasteiger partial charge in [0.2, 0.25) is 5.95 Å². The molecule has 1 aliphatic carbocycles. The number of ether oxygens (including phenoxy) is 1. The summed E-state index contributed by atoms with van der Waals surface area (Å²) in [5.74, 6) is 0.493. The largest absolute Gasteiger partial charge is 0.435 e. The number of alkyl halides is 2. The molecule has 35 heavy (non-hydrogen) atoms. The summed E-state index contributed by atoms with van der Waals surface area (Å²) in [4.78, 5) is 15.6. The normalized spacial score (nSPS) is 22.1. The number of fused-ring (bicyclic) bond motifs is 1. The van der Waals surface area contributed by atoms with E-state index in [0.717, 1.165) is 24.9 Å². The van der Waals surface area contributed by atoms with Crippen LogP contribution in [0, 0.1) is 11.4 Å². The lowest BCUT2D eigenvalue weighted by Gasteiger charge is -2.36. The number of benzene rings is 2. The molecular formula is C26H22F3N5O. The van der Waals surface area contributed by atoms with Crippen molar-refractivity contribution in [1.82, 2.24) is 9.88 Å². The van der Waals surface area contributed by atoms with E-state index in [0.29, 0.717) is 35.0 Å². The second kappa shape index (κ2) is 7.83. The van der Waals surface area contributed by atoms with E-state index in [1.165, 1.54) is 18.3 Å². The summed E-state index contributed by atoms with van der Waals surface area (Å²) in [6.07, 6.45) is 3.59. The first-order valence-corrected chi connectivity index (χ1v) is 11.3. The lowest BCUT2D eigenvalue weighted by atomic mass is 9.80. The maximum Gasteiger partial charge on any atom is 0.387 e. The van der Waals surface area contributed by atoms with Crippen molar-refractivity contribution in [3.05, 3.63) is 83.9 Å². The Bertz CT molecular complexity index is 1350. The Kier molecular flexibility index (Phi) is 4.84. The van der Waals surface area contributed by atoms with Crippen LogP contribution in [-0.2, 0) is 5.54 Å². The molecule has 3 aromatic rings. The third kappa shape index (κ3) is 3.53. The Morgan fingerprint density at radius 3 is 2.51 bits per heavy atom. The predicted octanol–water partition coefficient (Wildman–Crippen LogP) is 4.56. The van der Waals surface area contributed by atoms with Gasteiger partial charge in [-0.2, -0.15) is 13.2 Å². The van der Waals surface area contributed by atoms with Crippen molar-refractivity contribution in [3.8, 4) is 16.9 Å². The zero-order valence-electron chi connectivity index (χ0n) is 18.7. The zero-order valence-corrected chi connectivity index (χ0v) is 18.7. The summed E-state index contributed by atoms with van der Waals surface area (Å²) in [7, 11) is 0. The lowest BCUT2D eigenvalue weighted by molar-refractivity contribution is -0.0498. The van der Waals surface area contributed by atoms with Crippen molar-refractivity contribution in [2.24, 2.45) is 21.1 Å². The highest BCUT2D eigenvalue weighted by atomic mass is 19.3. The number of pyridine rings is 1. The standard InChI is InChI=1S/C26H22F3N5O/c27-21-20(5-2-12-31-21)16-3-1-4-18(13-16)26(17-6-8-19(9-7-17)35-23(28)29)22-32-14-25(10-11-25)15-34(22)24(30)33-26/h1-9,12-13,23H,10-11,14-15H2,(H2,30,33). The van der Waals surface area contributed by atoms with E-state index in [9.17, 15) is 13.2 Å². The van der Waals surface area contributed by atoms with Gasteiger partial charge in [0.1, 0.15) is 11.6 Å². The SMILES string of the molecule is NC1=NC(c2ccc(OC(F)F)cc2)(c2cccc(-c3cccnc3F)c2)C2=NCC3(CC3)CN12. The molecule has 0 bridgehead atoms. The topological polar surface area (TPSA) is 76.1 Å². The number of rotatable bonds is 5. The molecule has 1 atom stereocenters. The molecule has 1 saturated carbocycles. The van der Waals surface area contributed by atoms with Gasteiger partial charge in [-0.3, -0.25) is 9.89 Å². The van der Waals surface area contributed by atoms with Crippen LogP contribution in [-0.4, -0.2) is 41.4 Å². The van der Waals surface area contributed by atoms with Gasteiger partial charge in [0.25, 0.3) is 0 Å². The Hall–Kier alpha value is -3.88. The van der Waals surface area contributed by atoms with Crippen LogP contribution < -0.4 is 10.5 Å². The number of aliphatic imine (C=N–C) groups is 2. The molecular weight excluding hydrogens is 455 g/mol. The Balaban J connectivity index is 1.52. The molecule has 1 aromatic heterocycles. The minimum absolute atomic E-state index is 0.0411. The molecule has 9 heteroatoms. The second-order valence-corrected chi connectivity index (χ2v) is 9.23. The van der Waals surface area contributed by atoms with Crippen LogP contribution in [0.25, 0.3) is 11.1 Å². The van der Waals surface area contributed by atoms with E-state index in [1.54, 1.807) is 30.3 Å². The number of guanidine groups is 1. The highest BCUT2D eigenvalue weighted by Crippen LogP contribution is 2.52. The van der Waals surface area contributed by atoms with E-state index in [2.05, 4.69) is 9.72 Å². The fourth-order valence-electron chi connectivity index (χ4n) is 5.01. The molecule has 3 heterocycles. The minimum atomic E-state index is -2.92. The van der Waals surface area contributed by atoms with Crippen molar-refractivity contribution in [2.75, 3.05) is 13.1 Å². The van der Waals surface area contributed by atoms with Crippen molar-refractivity contribution >= 4 is 11.8 Å². The monoisotopic (exact) mass is 477 g/mol. The number of aromatic nitrogens is 1. The summed E-state index contributed by atoms with van der Waals surface area (Å²) < 4.78 is 44.5. The number of amidine groups is 1. The van der Waals surface area contributed by atoms with Gasteiger partial charge < -0.3 is 10.5 Å². The van der Waals surface area contributed by atoms with Gasteiger partial charge in [-0.1, -0.05) is 30.3 Å². The first-order valence-electron chi connectivity index (χ1n) is 11.3. The summed E-state index contributed by atoms with van der Waals surface area (Å²) >= 11 is 0. The molecule has 0 amide bonds. The van der Waals surface area contributed by atoms with Crippen LogP contribution in [0.15, 0.2) is 76.8 Å². The van der Waals surface area contributed by atoms with E-state index < -0.39 is 18.1 Å². The molecule has 1 unspecified atom stereocenters. The predicted molar refractivity (Wildman–Crippen MR) is 126 cm³/mol. The molecule has 1 fully saturated rings. The van der Waals surface area contributed by atoms with Crippen LogP contribution in [0.2, 0.25) is 0 Å². The van der Waals surface area contributed by atoms with Crippen LogP contribution in [0.4, 0.5) is 13.2 Å². The van der Waals surface area contributed by atoms with Gasteiger partial charge in [0.15, 0.2) is 11.5 Å². The van der Waals surface area contributed by atoms with Gasteiger partial charge in [-0.05, 0) is 59.9 Å². The highest BCUT2D eigenvalue weighted by Gasteiger charge is 2.55. The average molecular weight is 477 g/mol. The van der Waals surface area contributed by atoms with Gasteiger partial charge in [-0.15, -0.1) is 0 Å². The minimum Gasteiger partial charge on any atom is -0.435 e. The number of halogens is 3. The Morgan fingerprint density at radius 2 is 1.80 bits per heavy atom. The van der Waals surface area contributed by atoms with Gasteiger partial charge in [-0.25, -0.2) is 9.98 Å². The molecule has 6 rings (SSSR count). The smallest absolute Gasteiger partial charge is 0.387 e. The number of hydrogen-bond donors (Lipinski definition) is 1. The number of nitrogens with two attached hydrogens (primary N) is 1. The summed E-state index contributed by atoms with van der Waals surface area (Å²) in [5, 5.41) is 0.